The van der Waals surface area contributed by atoms with Gasteiger partial charge < -0.3 is 23.7 Å². The Bertz CT molecular complexity index is 1520. The third kappa shape index (κ3) is 7.53. The molecule has 222 valence electrons. The average Bonchev–Trinajstić information content (AvgIpc) is 3.00. The Labute approximate surface area is 242 Å². The van der Waals surface area contributed by atoms with E-state index in [0.29, 0.717) is 0 Å². The summed E-state index contributed by atoms with van der Waals surface area (Å²) in [6, 6.07) is 16.6. The van der Waals surface area contributed by atoms with Gasteiger partial charge in [-0.3, -0.25) is 25.0 Å². The Balaban J connectivity index is 1.67. The van der Waals surface area contributed by atoms with Gasteiger partial charge in [-0.1, -0.05) is 18.2 Å². The Morgan fingerprint density at radius 2 is 1.09 bits per heavy atom. The number of nitrogens with zero attached hydrogens (tertiary/aromatic N) is 2. The van der Waals surface area contributed by atoms with Gasteiger partial charge in [0.15, 0.2) is 12.2 Å². The molecule has 43 heavy (non-hydrogen) atoms. The van der Waals surface area contributed by atoms with Crippen LogP contribution in [0.2, 0.25) is 0 Å². The van der Waals surface area contributed by atoms with Gasteiger partial charge in [0.25, 0.3) is 11.4 Å². The second-order valence-electron chi connectivity index (χ2n) is 8.97. The maximum Gasteiger partial charge on any atom is 0.338 e. The third-order valence-corrected chi connectivity index (χ3v) is 6.05. The number of nitro benzene ring substituents is 2. The molecule has 15 heteroatoms. The third-order valence-electron chi connectivity index (χ3n) is 6.05. The minimum atomic E-state index is -1.70. The molecule has 1 saturated heterocycles. The van der Waals surface area contributed by atoms with E-state index in [0.717, 1.165) is 55.5 Å². The Kier molecular flexibility index (Phi) is 9.37. The van der Waals surface area contributed by atoms with Crippen LogP contribution in [0.3, 0.4) is 0 Å². The smallest absolute Gasteiger partial charge is 0.338 e. The van der Waals surface area contributed by atoms with Crippen LogP contribution >= 0.6 is 0 Å². The molecule has 1 aliphatic heterocycles. The van der Waals surface area contributed by atoms with Gasteiger partial charge in [-0.25, -0.2) is 14.4 Å². The van der Waals surface area contributed by atoms with Crippen LogP contribution in [0.4, 0.5) is 11.4 Å². The van der Waals surface area contributed by atoms with E-state index in [1.165, 1.54) is 12.1 Å². The number of esters is 4. The number of nitro groups is 2. The molecule has 0 radical (unpaired) electrons. The quantitative estimate of drug-likeness (QED) is 0.151. The van der Waals surface area contributed by atoms with Crippen molar-refractivity contribution in [1.29, 1.82) is 0 Å². The highest BCUT2D eigenvalue weighted by molar-refractivity contribution is 5.91. The van der Waals surface area contributed by atoms with Crippen LogP contribution < -0.4 is 0 Å². The summed E-state index contributed by atoms with van der Waals surface area (Å²) in [6.45, 7) is 0.596. The fourth-order valence-electron chi connectivity index (χ4n) is 3.98. The molecular formula is C28H22N2O13. The number of carbonyl (C=O) groups is 4. The van der Waals surface area contributed by atoms with Gasteiger partial charge in [-0.15, -0.1) is 0 Å². The number of hydrogen-bond donors (Lipinski definition) is 0. The zero-order chi connectivity index (χ0) is 31.1. The van der Waals surface area contributed by atoms with Crippen molar-refractivity contribution in [2.24, 2.45) is 0 Å². The molecule has 3 aromatic carbocycles. The Morgan fingerprint density at radius 1 is 0.651 bits per heavy atom. The van der Waals surface area contributed by atoms with Crippen LogP contribution in [0.15, 0.2) is 78.9 Å². The summed E-state index contributed by atoms with van der Waals surface area (Å²) < 4.78 is 27.4. The van der Waals surface area contributed by atoms with E-state index in [-0.39, 0.29) is 28.1 Å². The summed E-state index contributed by atoms with van der Waals surface area (Å²) >= 11 is 0. The van der Waals surface area contributed by atoms with Crippen LogP contribution in [0.1, 0.15) is 38.0 Å². The molecule has 3 aromatic rings. The summed E-state index contributed by atoms with van der Waals surface area (Å²) in [6.07, 6.45) is -6.33. The van der Waals surface area contributed by atoms with E-state index in [4.69, 9.17) is 23.7 Å². The lowest BCUT2D eigenvalue weighted by molar-refractivity contribution is -0.385. The summed E-state index contributed by atoms with van der Waals surface area (Å²) in [4.78, 5) is 71.6. The van der Waals surface area contributed by atoms with Gasteiger partial charge in [-0.2, -0.15) is 0 Å². The molecule has 0 aliphatic carbocycles. The van der Waals surface area contributed by atoms with Crippen LogP contribution in [-0.4, -0.2) is 64.9 Å². The minimum Gasteiger partial charge on any atom is -0.452 e. The SMILES string of the molecule is CC(=O)OC1OCC(OC(=O)c2ccccc2)C(OC(=O)c2ccc([N+](=O)[O-])cc2)C1OC(=O)c1ccc([N+](=O)[O-])cc1. The number of non-ortho nitro benzene ring substituents is 2. The van der Waals surface area contributed by atoms with Crippen molar-refractivity contribution in [2.45, 2.75) is 31.5 Å². The monoisotopic (exact) mass is 594 g/mol. The van der Waals surface area contributed by atoms with E-state index in [1.807, 2.05) is 0 Å². The zero-order valence-electron chi connectivity index (χ0n) is 22.2. The summed E-state index contributed by atoms with van der Waals surface area (Å²) in [5.74, 6) is -3.79. The standard InChI is InChI=1S/C28H22N2O13/c1-16(31)40-28-24(43-27(34)19-9-13-21(14-10-19)30(37)38)23(42-26(33)18-7-11-20(12-8-18)29(35)36)22(15-39-28)41-25(32)17-5-3-2-4-6-17/h2-14,22-24,28H,15H2,1H3. The topological polar surface area (TPSA) is 201 Å². The van der Waals surface area contributed by atoms with E-state index >= 15 is 0 Å². The normalized spacial score (nSPS) is 19.4. The minimum absolute atomic E-state index is 0.130. The zero-order valence-corrected chi connectivity index (χ0v) is 22.2. The molecule has 4 rings (SSSR count). The molecule has 0 bridgehead atoms. The molecular weight excluding hydrogens is 572 g/mol. The average molecular weight is 594 g/mol. The van der Waals surface area contributed by atoms with Crippen LogP contribution in [0.25, 0.3) is 0 Å². The number of benzene rings is 3. The maximum absolute atomic E-state index is 13.1. The van der Waals surface area contributed by atoms with Crippen molar-refractivity contribution in [1.82, 2.24) is 0 Å². The number of hydrogen-bond acceptors (Lipinski definition) is 13. The molecule has 1 fully saturated rings. The van der Waals surface area contributed by atoms with Gasteiger partial charge in [0.05, 0.1) is 33.1 Å². The maximum atomic E-state index is 13.1. The van der Waals surface area contributed by atoms with Gasteiger partial charge in [0.2, 0.25) is 12.4 Å². The molecule has 1 aliphatic rings. The molecule has 15 nitrogen and oxygen atoms in total. The Hall–Kier alpha value is -5.70. The molecule has 0 amide bonds. The van der Waals surface area contributed by atoms with Crippen molar-refractivity contribution >= 4 is 35.3 Å². The fourth-order valence-corrected chi connectivity index (χ4v) is 3.98. The van der Waals surface area contributed by atoms with Gasteiger partial charge in [0, 0.05) is 31.2 Å². The number of carbonyl (C=O) groups excluding carboxylic acids is 4. The molecule has 0 aromatic heterocycles. The van der Waals surface area contributed by atoms with Crippen LogP contribution in [-0.2, 0) is 28.5 Å². The molecule has 0 N–H and O–H groups in total. The predicted molar refractivity (Wildman–Crippen MR) is 142 cm³/mol. The lowest BCUT2D eigenvalue weighted by Crippen LogP contribution is -2.58. The molecule has 0 spiro atoms. The lowest BCUT2D eigenvalue weighted by Gasteiger charge is -2.40. The van der Waals surface area contributed by atoms with Crippen molar-refractivity contribution in [3.8, 4) is 0 Å². The first kappa shape index (κ1) is 30.3. The first-order valence-electron chi connectivity index (χ1n) is 12.5. The van der Waals surface area contributed by atoms with E-state index in [2.05, 4.69) is 0 Å². The first-order chi connectivity index (χ1) is 20.5. The second-order valence-corrected chi connectivity index (χ2v) is 8.97. The van der Waals surface area contributed by atoms with Crippen LogP contribution in [0.5, 0.6) is 0 Å². The number of rotatable bonds is 9. The van der Waals surface area contributed by atoms with Gasteiger partial charge in [-0.05, 0) is 36.4 Å². The van der Waals surface area contributed by atoms with Crippen molar-refractivity contribution < 1.29 is 52.7 Å². The summed E-state index contributed by atoms with van der Waals surface area (Å²) in [7, 11) is 0. The van der Waals surface area contributed by atoms with E-state index in [1.54, 1.807) is 18.2 Å². The van der Waals surface area contributed by atoms with Crippen molar-refractivity contribution in [3.05, 3.63) is 116 Å². The van der Waals surface area contributed by atoms with E-state index < -0.39 is 64.9 Å². The lowest BCUT2D eigenvalue weighted by atomic mass is 10.0. The summed E-state index contributed by atoms with van der Waals surface area (Å²) in [5.41, 5.74) is -0.713. The largest absolute Gasteiger partial charge is 0.452 e. The van der Waals surface area contributed by atoms with Crippen molar-refractivity contribution in [3.63, 3.8) is 0 Å². The highest BCUT2D eigenvalue weighted by Gasteiger charge is 2.49. The molecule has 4 unspecified atom stereocenters. The molecule has 0 saturated carbocycles. The predicted octanol–water partition coefficient (Wildman–Crippen LogP) is 3.40. The summed E-state index contributed by atoms with van der Waals surface area (Å²) in [5, 5.41) is 22.0. The van der Waals surface area contributed by atoms with Crippen LogP contribution in [0, 0.1) is 20.2 Å². The van der Waals surface area contributed by atoms with E-state index in [9.17, 15) is 39.4 Å². The molecule has 4 atom stereocenters. The van der Waals surface area contributed by atoms with Gasteiger partial charge in [0.1, 0.15) is 0 Å². The highest BCUT2D eigenvalue weighted by atomic mass is 16.7. The van der Waals surface area contributed by atoms with Gasteiger partial charge >= 0.3 is 23.9 Å². The molecule has 1 heterocycles. The highest BCUT2D eigenvalue weighted by Crippen LogP contribution is 2.28. The second kappa shape index (κ2) is 13.3. The first-order valence-corrected chi connectivity index (χ1v) is 12.5. The fraction of sp³-hybridized carbons (Fsp3) is 0.214. The number of ether oxygens (including phenoxy) is 5. The van der Waals surface area contributed by atoms with Crippen molar-refractivity contribution in [2.75, 3.05) is 6.61 Å². The Morgan fingerprint density at radius 3 is 1.56 bits per heavy atom.